The highest BCUT2D eigenvalue weighted by molar-refractivity contribution is 7.14. The number of urea groups is 1. The number of ketones is 1. The third-order valence-electron chi connectivity index (χ3n) is 4.80. The highest BCUT2D eigenvalue weighted by Crippen LogP contribution is 2.31. The van der Waals surface area contributed by atoms with E-state index in [0.29, 0.717) is 4.88 Å². The number of nitrogens with zero attached hydrogens (tertiary/aromatic N) is 2. The molecule has 1 saturated heterocycles. The van der Waals surface area contributed by atoms with Gasteiger partial charge in [0.05, 0.1) is 11.4 Å². The summed E-state index contributed by atoms with van der Waals surface area (Å²) in [5.74, 6) is -1.83. The fourth-order valence-corrected chi connectivity index (χ4v) is 4.24. The second-order valence-electron chi connectivity index (χ2n) is 6.51. The first-order valence-corrected chi connectivity index (χ1v) is 9.00. The molecule has 128 valence electrons. The van der Waals surface area contributed by atoms with Crippen molar-refractivity contribution in [3.05, 3.63) is 21.9 Å². The third kappa shape index (κ3) is 2.88. The zero-order chi connectivity index (χ0) is 17.4. The number of amides is 4. The van der Waals surface area contributed by atoms with Gasteiger partial charge >= 0.3 is 17.8 Å². The van der Waals surface area contributed by atoms with E-state index in [1.54, 1.807) is 6.07 Å². The van der Waals surface area contributed by atoms with Crippen LogP contribution >= 0.6 is 11.3 Å². The van der Waals surface area contributed by atoms with Crippen LogP contribution in [0.1, 0.15) is 47.2 Å². The Hall–Kier alpha value is -2.02. The van der Waals surface area contributed by atoms with Gasteiger partial charge in [0.15, 0.2) is 5.78 Å². The molecule has 2 aliphatic rings. The van der Waals surface area contributed by atoms with E-state index in [1.807, 2.05) is 19.9 Å². The van der Waals surface area contributed by atoms with Gasteiger partial charge in [0, 0.05) is 10.9 Å². The summed E-state index contributed by atoms with van der Waals surface area (Å²) in [6, 6.07) is 2.60. The summed E-state index contributed by atoms with van der Waals surface area (Å²) in [7, 11) is 0. The quantitative estimate of drug-likeness (QED) is 0.476. The first-order chi connectivity index (χ1) is 11.4. The largest absolute Gasteiger partial charge is 0.334 e. The molecule has 0 aromatic carbocycles. The van der Waals surface area contributed by atoms with Crippen molar-refractivity contribution in [3.8, 4) is 0 Å². The summed E-state index contributed by atoms with van der Waals surface area (Å²) < 4.78 is 0. The van der Waals surface area contributed by atoms with Crippen LogP contribution in [-0.4, -0.2) is 46.0 Å². The molecular formula is C17H20N2O4S. The molecule has 3 rings (SSSR count). The Bertz CT molecular complexity index is 711. The Morgan fingerprint density at radius 2 is 1.88 bits per heavy atom. The molecule has 1 aromatic rings. The van der Waals surface area contributed by atoms with Crippen molar-refractivity contribution in [1.29, 1.82) is 0 Å². The van der Waals surface area contributed by atoms with E-state index in [-0.39, 0.29) is 24.3 Å². The number of hydrogen-bond acceptors (Lipinski definition) is 5. The van der Waals surface area contributed by atoms with Crippen molar-refractivity contribution in [2.24, 2.45) is 5.92 Å². The number of aryl methyl sites for hydroxylation is 1. The molecule has 0 spiro atoms. The van der Waals surface area contributed by atoms with Crippen LogP contribution in [0, 0.1) is 12.8 Å². The fraction of sp³-hybridized carbons (Fsp3) is 0.529. The van der Waals surface area contributed by atoms with Gasteiger partial charge in [0.25, 0.3) is 0 Å². The van der Waals surface area contributed by atoms with E-state index in [9.17, 15) is 19.2 Å². The summed E-state index contributed by atoms with van der Waals surface area (Å²) in [4.78, 5) is 52.8. The van der Waals surface area contributed by atoms with Gasteiger partial charge in [0.1, 0.15) is 0 Å². The molecule has 7 heteroatoms. The highest BCUT2D eigenvalue weighted by Gasteiger charge is 2.49. The van der Waals surface area contributed by atoms with E-state index >= 15 is 0 Å². The molecule has 2 heterocycles. The van der Waals surface area contributed by atoms with E-state index in [0.717, 1.165) is 40.4 Å². The van der Waals surface area contributed by atoms with Crippen molar-refractivity contribution in [2.75, 3.05) is 6.54 Å². The summed E-state index contributed by atoms with van der Waals surface area (Å²) >= 11 is 1.31. The molecule has 4 amide bonds. The maximum absolute atomic E-state index is 12.6. The molecular weight excluding hydrogens is 328 g/mol. The maximum Gasteiger partial charge on any atom is 0.334 e. The minimum absolute atomic E-state index is 0.176. The monoisotopic (exact) mass is 348 g/mol. The van der Waals surface area contributed by atoms with Gasteiger partial charge in [-0.1, -0.05) is 19.8 Å². The van der Waals surface area contributed by atoms with Crippen molar-refractivity contribution in [3.63, 3.8) is 0 Å². The lowest BCUT2D eigenvalue weighted by atomic mass is 9.85. The maximum atomic E-state index is 12.6. The van der Waals surface area contributed by atoms with E-state index in [2.05, 4.69) is 0 Å². The molecule has 6 nitrogen and oxygen atoms in total. The van der Waals surface area contributed by atoms with Crippen LogP contribution in [0.5, 0.6) is 0 Å². The Morgan fingerprint density at radius 1 is 1.17 bits per heavy atom. The van der Waals surface area contributed by atoms with Crippen LogP contribution in [0.4, 0.5) is 4.79 Å². The molecule has 1 aliphatic heterocycles. The molecule has 1 saturated carbocycles. The number of thiophene rings is 1. The van der Waals surface area contributed by atoms with E-state index < -0.39 is 17.8 Å². The average molecular weight is 348 g/mol. The summed E-state index contributed by atoms with van der Waals surface area (Å²) in [5, 5.41) is 0. The second kappa shape index (κ2) is 6.47. The Balaban J connectivity index is 1.77. The predicted molar refractivity (Wildman–Crippen MR) is 88.8 cm³/mol. The van der Waals surface area contributed by atoms with Crippen LogP contribution in [0.15, 0.2) is 12.1 Å². The molecule has 1 aromatic heterocycles. The van der Waals surface area contributed by atoms with Crippen molar-refractivity contribution >= 4 is 35.0 Å². The zero-order valence-corrected chi connectivity index (χ0v) is 14.6. The normalized spacial score (nSPS) is 24.8. The zero-order valence-electron chi connectivity index (χ0n) is 13.8. The molecule has 0 unspecified atom stereocenters. The number of carbonyl (C=O) groups is 4. The molecule has 0 radical (unpaired) electrons. The number of Topliss-reactive ketones (excluding diaryl/α,β-unsaturated/α-hetero) is 1. The van der Waals surface area contributed by atoms with Gasteiger partial charge in [-0.2, -0.15) is 0 Å². The minimum atomic E-state index is -0.889. The summed E-state index contributed by atoms with van der Waals surface area (Å²) in [6.45, 7) is 3.50. The standard InChI is InChI=1S/C17H20N2O4S/c1-10-5-3-4-6-12(10)19-16(22)15(21)18(17(19)23)9-13(20)14-8-7-11(2)24-14/h7-8,10,12H,3-6,9H2,1-2H3/t10-,12+/m1/s1. The third-order valence-corrected chi connectivity index (χ3v) is 5.84. The lowest BCUT2D eigenvalue weighted by molar-refractivity contribution is -0.144. The smallest absolute Gasteiger partial charge is 0.291 e. The van der Waals surface area contributed by atoms with Crippen LogP contribution in [0.25, 0.3) is 0 Å². The molecule has 24 heavy (non-hydrogen) atoms. The van der Waals surface area contributed by atoms with Gasteiger partial charge in [0.2, 0.25) is 0 Å². The van der Waals surface area contributed by atoms with E-state index in [1.165, 1.54) is 11.3 Å². The highest BCUT2D eigenvalue weighted by atomic mass is 32.1. The first kappa shape index (κ1) is 16.8. The Morgan fingerprint density at radius 3 is 2.50 bits per heavy atom. The topological polar surface area (TPSA) is 74.8 Å². The lowest BCUT2D eigenvalue weighted by Crippen LogP contribution is -2.46. The lowest BCUT2D eigenvalue weighted by Gasteiger charge is -2.34. The number of hydrogen-bond donors (Lipinski definition) is 0. The van der Waals surface area contributed by atoms with Crippen LogP contribution in [0.3, 0.4) is 0 Å². The summed E-state index contributed by atoms with van der Waals surface area (Å²) in [6.07, 6.45) is 3.66. The molecule has 2 atom stereocenters. The second-order valence-corrected chi connectivity index (χ2v) is 7.80. The van der Waals surface area contributed by atoms with E-state index in [4.69, 9.17) is 0 Å². The average Bonchev–Trinajstić information content (AvgIpc) is 3.07. The minimum Gasteiger partial charge on any atom is -0.291 e. The van der Waals surface area contributed by atoms with Gasteiger partial charge in [-0.05, 0) is 37.8 Å². The Labute approximate surface area is 144 Å². The molecule has 1 aliphatic carbocycles. The fourth-order valence-electron chi connectivity index (χ4n) is 3.44. The van der Waals surface area contributed by atoms with Crippen LogP contribution in [0.2, 0.25) is 0 Å². The van der Waals surface area contributed by atoms with Gasteiger partial charge < -0.3 is 0 Å². The number of imide groups is 2. The van der Waals surface area contributed by atoms with Crippen LogP contribution in [-0.2, 0) is 9.59 Å². The molecule has 0 N–H and O–H groups in total. The number of rotatable bonds is 4. The van der Waals surface area contributed by atoms with Gasteiger partial charge in [-0.25, -0.2) is 9.69 Å². The van der Waals surface area contributed by atoms with Crippen molar-refractivity contribution in [2.45, 2.75) is 45.6 Å². The first-order valence-electron chi connectivity index (χ1n) is 8.19. The number of carbonyl (C=O) groups excluding carboxylic acids is 4. The van der Waals surface area contributed by atoms with Gasteiger partial charge in [-0.15, -0.1) is 11.3 Å². The predicted octanol–water partition coefficient (Wildman–Crippen LogP) is 2.61. The Kier molecular flexibility index (Phi) is 4.54. The van der Waals surface area contributed by atoms with Gasteiger partial charge in [-0.3, -0.25) is 19.3 Å². The SMILES string of the molecule is Cc1ccc(C(=O)CN2C(=O)C(=O)N([C@H]3CCCC[C@H]3C)C2=O)s1. The molecule has 2 fully saturated rings. The van der Waals surface area contributed by atoms with Crippen molar-refractivity contribution in [1.82, 2.24) is 9.80 Å². The van der Waals surface area contributed by atoms with Crippen LogP contribution < -0.4 is 0 Å². The molecule has 0 bridgehead atoms. The summed E-state index contributed by atoms with van der Waals surface area (Å²) in [5.41, 5.74) is 0. The van der Waals surface area contributed by atoms with Crippen molar-refractivity contribution < 1.29 is 19.2 Å².